The fraction of sp³-hybridized carbons (Fsp3) is 0.400. The Bertz CT molecular complexity index is 829. The number of nitrogens with one attached hydrogen (secondary N) is 1. The number of halogens is 3. The van der Waals surface area contributed by atoms with Gasteiger partial charge in [-0.3, -0.25) is 14.9 Å². The Balaban J connectivity index is 1.90. The molecule has 0 saturated carbocycles. The summed E-state index contributed by atoms with van der Waals surface area (Å²) in [7, 11) is 0. The van der Waals surface area contributed by atoms with Crippen LogP contribution in [0, 0.1) is 11.8 Å². The van der Waals surface area contributed by atoms with E-state index in [0.29, 0.717) is 4.88 Å². The van der Waals surface area contributed by atoms with Gasteiger partial charge in [-0.05, 0) is 39.9 Å². The van der Waals surface area contributed by atoms with Crippen LogP contribution in [0.25, 0.3) is 0 Å². The molecule has 29 heavy (non-hydrogen) atoms. The second-order valence-electron chi connectivity index (χ2n) is 6.58. The van der Waals surface area contributed by atoms with Crippen molar-refractivity contribution in [1.29, 1.82) is 0 Å². The van der Waals surface area contributed by atoms with Crippen molar-refractivity contribution < 1.29 is 27.8 Å². The zero-order valence-electron chi connectivity index (χ0n) is 15.5. The predicted molar refractivity (Wildman–Crippen MR) is 108 cm³/mol. The number of rotatable bonds is 7. The van der Waals surface area contributed by atoms with E-state index in [2.05, 4.69) is 21.2 Å². The van der Waals surface area contributed by atoms with Crippen molar-refractivity contribution in [2.75, 3.05) is 6.61 Å². The van der Waals surface area contributed by atoms with Gasteiger partial charge in [0.15, 0.2) is 0 Å². The fourth-order valence-electron chi connectivity index (χ4n) is 3.49. The zero-order valence-corrected chi connectivity index (χ0v) is 17.9. The molecule has 2 aromatic rings. The molecule has 0 unspecified atom stereocenters. The lowest BCUT2D eigenvalue weighted by atomic mass is 9.86. The van der Waals surface area contributed by atoms with Gasteiger partial charge in [-0.2, -0.15) is 8.78 Å². The third-order valence-corrected chi connectivity index (χ3v) is 6.21. The van der Waals surface area contributed by atoms with Crippen molar-refractivity contribution in [3.63, 3.8) is 0 Å². The molecular formula is C20H20BrF2NO4S. The second-order valence-corrected chi connectivity index (χ2v) is 8.61. The number of thiophene rings is 1. The van der Waals surface area contributed by atoms with Gasteiger partial charge in [-0.15, -0.1) is 11.3 Å². The summed E-state index contributed by atoms with van der Waals surface area (Å²) in [5.74, 6) is -4.56. The maximum Gasteiger partial charge on any atom is 0.323 e. The monoisotopic (exact) mass is 487 g/mol. The van der Waals surface area contributed by atoms with Gasteiger partial charge < -0.3 is 9.47 Å². The normalized spacial score (nSPS) is 24.3. The van der Waals surface area contributed by atoms with Crippen molar-refractivity contribution in [2.45, 2.75) is 30.4 Å². The van der Waals surface area contributed by atoms with Crippen LogP contribution in [0.15, 0.2) is 47.8 Å². The molecule has 3 rings (SSSR count). The van der Waals surface area contributed by atoms with Crippen LogP contribution in [-0.4, -0.2) is 29.4 Å². The second kappa shape index (κ2) is 9.32. The average Bonchev–Trinajstić information content (AvgIpc) is 3.34. The van der Waals surface area contributed by atoms with E-state index in [1.54, 1.807) is 48.7 Å². The molecule has 1 aromatic heterocycles. The molecule has 1 fully saturated rings. The van der Waals surface area contributed by atoms with Gasteiger partial charge in [0.05, 0.1) is 24.5 Å². The largest absolute Gasteiger partial charge is 0.465 e. The Kier molecular flexibility index (Phi) is 7.02. The SMILES string of the molecule is CCOC(=O)[C@H]1N[C@@H](c2cccs2)[C@@H](C(=O)OCc2ccccc2)[C@@H]1C(F)(F)Br. The highest BCUT2D eigenvalue weighted by Crippen LogP contribution is 2.49. The van der Waals surface area contributed by atoms with E-state index in [0.717, 1.165) is 5.56 Å². The summed E-state index contributed by atoms with van der Waals surface area (Å²) in [6.45, 7) is 1.60. The van der Waals surface area contributed by atoms with E-state index in [-0.39, 0.29) is 13.2 Å². The Morgan fingerprint density at radius 2 is 1.86 bits per heavy atom. The number of carbonyl (C=O) groups is 2. The standard InChI is InChI=1S/C20H20BrF2NO4S/c1-2-27-19(26)17-15(20(21,22)23)14(16(24-17)13-9-6-10-29-13)18(25)28-11-12-7-4-3-5-8-12/h3-10,14-17,24H,2,11H2,1H3/t14-,15-,16-,17-/m0/s1. The summed E-state index contributed by atoms with van der Waals surface area (Å²) in [6, 6.07) is 10.3. The topological polar surface area (TPSA) is 64.6 Å². The molecule has 0 bridgehead atoms. The lowest BCUT2D eigenvalue weighted by Gasteiger charge is -2.26. The number of hydrogen-bond donors (Lipinski definition) is 1. The molecule has 5 nitrogen and oxygen atoms in total. The van der Waals surface area contributed by atoms with Crippen LogP contribution in [0.1, 0.15) is 23.4 Å². The molecule has 0 radical (unpaired) electrons. The molecular weight excluding hydrogens is 468 g/mol. The Morgan fingerprint density at radius 1 is 1.14 bits per heavy atom. The van der Waals surface area contributed by atoms with Gasteiger partial charge in [0.25, 0.3) is 0 Å². The molecule has 0 aliphatic carbocycles. The highest BCUT2D eigenvalue weighted by molar-refractivity contribution is 9.10. The summed E-state index contributed by atoms with van der Waals surface area (Å²) < 4.78 is 39.4. The van der Waals surface area contributed by atoms with Crippen LogP contribution in [0.2, 0.25) is 0 Å². The molecule has 0 amide bonds. The van der Waals surface area contributed by atoms with Crippen molar-refractivity contribution in [2.24, 2.45) is 11.8 Å². The van der Waals surface area contributed by atoms with Crippen LogP contribution in [0.5, 0.6) is 0 Å². The number of hydrogen-bond acceptors (Lipinski definition) is 6. The molecule has 1 aliphatic heterocycles. The molecule has 1 aliphatic rings. The molecule has 1 saturated heterocycles. The zero-order chi connectivity index (χ0) is 21.0. The Hall–Kier alpha value is -1.84. The number of benzene rings is 1. The summed E-state index contributed by atoms with van der Waals surface area (Å²) >= 11 is 3.69. The van der Waals surface area contributed by atoms with E-state index >= 15 is 0 Å². The first-order chi connectivity index (χ1) is 13.8. The molecule has 1 aromatic carbocycles. The number of alkyl halides is 3. The molecule has 9 heteroatoms. The van der Waals surface area contributed by atoms with Crippen molar-refractivity contribution in [3.8, 4) is 0 Å². The van der Waals surface area contributed by atoms with Gasteiger partial charge >= 0.3 is 16.8 Å². The van der Waals surface area contributed by atoms with Crippen molar-refractivity contribution >= 4 is 39.2 Å². The van der Waals surface area contributed by atoms with E-state index < -0.39 is 40.7 Å². The minimum absolute atomic E-state index is 0.0437. The smallest absolute Gasteiger partial charge is 0.323 e. The number of esters is 2. The van der Waals surface area contributed by atoms with Gasteiger partial charge in [0, 0.05) is 4.88 Å². The number of ether oxygens (including phenoxy) is 2. The predicted octanol–water partition coefficient (Wildman–Crippen LogP) is 4.29. The minimum Gasteiger partial charge on any atom is -0.465 e. The highest BCUT2D eigenvalue weighted by atomic mass is 79.9. The Labute approximate surface area is 179 Å². The van der Waals surface area contributed by atoms with E-state index in [4.69, 9.17) is 9.47 Å². The quantitative estimate of drug-likeness (QED) is 0.466. The van der Waals surface area contributed by atoms with E-state index in [9.17, 15) is 18.4 Å². The summed E-state index contributed by atoms with van der Waals surface area (Å²) in [5.41, 5.74) is 0.739. The van der Waals surface area contributed by atoms with Crippen LogP contribution in [-0.2, 0) is 25.7 Å². The maximum atomic E-state index is 14.5. The first-order valence-electron chi connectivity index (χ1n) is 9.06. The highest BCUT2D eigenvalue weighted by Gasteiger charge is 2.60. The molecule has 4 atom stereocenters. The fourth-order valence-corrected chi connectivity index (χ4v) is 4.87. The molecule has 1 N–H and O–H groups in total. The number of carbonyl (C=O) groups excluding carboxylic acids is 2. The van der Waals surface area contributed by atoms with Gasteiger partial charge in [-0.25, -0.2) is 0 Å². The van der Waals surface area contributed by atoms with Gasteiger partial charge in [0.1, 0.15) is 12.6 Å². The first kappa shape index (κ1) is 21.9. The van der Waals surface area contributed by atoms with Gasteiger partial charge in [0.2, 0.25) is 0 Å². The average molecular weight is 488 g/mol. The molecule has 2 heterocycles. The van der Waals surface area contributed by atoms with Crippen molar-refractivity contribution in [1.82, 2.24) is 5.32 Å². The lowest BCUT2D eigenvalue weighted by molar-refractivity contribution is -0.157. The third kappa shape index (κ3) is 5.02. The molecule has 156 valence electrons. The maximum absolute atomic E-state index is 14.5. The summed E-state index contributed by atoms with van der Waals surface area (Å²) in [6.07, 6.45) is 0. The minimum atomic E-state index is -3.49. The lowest BCUT2D eigenvalue weighted by Crippen LogP contribution is -2.44. The van der Waals surface area contributed by atoms with Crippen LogP contribution in [0.4, 0.5) is 8.78 Å². The van der Waals surface area contributed by atoms with Crippen molar-refractivity contribution in [3.05, 3.63) is 58.3 Å². The van der Waals surface area contributed by atoms with Crippen LogP contribution < -0.4 is 5.32 Å². The Morgan fingerprint density at radius 3 is 2.45 bits per heavy atom. The van der Waals surface area contributed by atoms with E-state index in [1.807, 2.05) is 6.07 Å². The third-order valence-electron chi connectivity index (χ3n) is 4.73. The first-order valence-corrected chi connectivity index (χ1v) is 10.7. The van der Waals surface area contributed by atoms with Crippen LogP contribution in [0.3, 0.4) is 0 Å². The van der Waals surface area contributed by atoms with E-state index in [1.165, 1.54) is 11.3 Å². The summed E-state index contributed by atoms with van der Waals surface area (Å²) in [4.78, 5) is 22.5. The van der Waals surface area contributed by atoms with Crippen LogP contribution >= 0.6 is 27.3 Å². The van der Waals surface area contributed by atoms with Gasteiger partial charge in [-0.1, -0.05) is 36.4 Å². The molecule has 0 spiro atoms. The summed E-state index contributed by atoms with van der Waals surface area (Å²) in [5, 5.41) is 4.67.